The number of esters is 2. The molecular formula is C15H18O4S. The molecule has 0 aliphatic heterocycles. The van der Waals surface area contributed by atoms with Crippen LogP contribution < -0.4 is 0 Å². The van der Waals surface area contributed by atoms with Crippen LogP contribution in [0, 0.1) is 11.3 Å². The highest BCUT2D eigenvalue weighted by Gasteiger charge is 2.60. The first-order valence-corrected chi connectivity index (χ1v) is 7.76. The second kappa shape index (κ2) is 4.88. The van der Waals surface area contributed by atoms with Crippen molar-refractivity contribution >= 4 is 23.3 Å². The molecule has 1 fully saturated rings. The summed E-state index contributed by atoms with van der Waals surface area (Å²) < 4.78 is 9.96. The zero-order chi connectivity index (χ0) is 14.3. The number of carbonyl (C=O) groups is 2. The summed E-state index contributed by atoms with van der Waals surface area (Å²) in [4.78, 5) is 26.2. The molecule has 0 aromatic carbocycles. The fourth-order valence-electron chi connectivity index (χ4n) is 4.01. The Balaban J connectivity index is 2.15. The van der Waals surface area contributed by atoms with Crippen LogP contribution in [0.25, 0.3) is 0 Å². The lowest BCUT2D eigenvalue weighted by Crippen LogP contribution is -2.51. The molecule has 1 heterocycles. The quantitative estimate of drug-likeness (QED) is 0.621. The monoisotopic (exact) mass is 294 g/mol. The molecule has 1 saturated carbocycles. The molecule has 20 heavy (non-hydrogen) atoms. The zero-order valence-electron chi connectivity index (χ0n) is 11.7. The number of hydrogen-bond donors (Lipinski definition) is 0. The van der Waals surface area contributed by atoms with E-state index in [4.69, 9.17) is 9.47 Å². The highest BCUT2D eigenvalue weighted by Crippen LogP contribution is 2.57. The summed E-state index contributed by atoms with van der Waals surface area (Å²) in [6.07, 6.45) is 3.37. The number of rotatable bonds is 2. The third-order valence-electron chi connectivity index (χ3n) is 4.84. The minimum Gasteiger partial charge on any atom is -0.468 e. The third-order valence-corrected chi connectivity index (χ3v) is 5.93. The molecule has 0 radical (unpaired) electrons. The van der Waals surface area contributed by atoms with Gasteiger partial charge >= 0.3 is 11.9 Å². The first-order chi connectivity index (χ1) is 9.65. The van der Waals surface area contributed by atoms with Crippen LogP contribution in [0.4, 0.5) is 0 Å². The largest absolute Gasteiger partial charge is 0.468 e. The smallest absolute Gasteiger partial charge is 0.323 e. The Kier molecular flexibility index (Phi) is 3.32. The number of methoxy groups -OCH3 is 2. The van der Waals surface area contributed by atoms with Gasteiger partial charge in [-0.15, -0.1) is 11.3 Å². The van der Waals surface area contributed by atoms with E-state index in [-0.39, 0.29) is 11.8 Å². The molecule has 5 heteroatoms. The Bertz CT molecular complexity index is 532. The summed E-state index contributed by atoms with van der Waals surface area (Å²) in [5.74, 6) is -0.596. The molecule has 108 valence electrons. The Morgan fingerprint density at radius 3 is 2.60 bits per heavy atom. The Morgan fingerprint density at radius 2 is 1.95 bits per heavy atom. The fraction of sp³-hybridized carbons (Fsp3) is 0.600. The molecule has 4 nitrogen and oxygen atoms in total. The average Bonchev–Trinajstić information content (AvgIpc) is 3.11. The number of ether oxygens (including phenoxy) is 2. The SMILES string of the molecule is COC(=O)C1(C(=O)OC)Cc2ccsc2C2CCCC21. The van der Waals surface area contributed by atoms with Crippen molar-refractivity contribution in [1.29, 1.82) is 0 Å². The number of thiophene rings is 1. The normalized spacial score (nSPS) is 26.5. The summed E-state index contributed by atoms with van der Waals surface area (Å²) in [6.45, 7) is 0. The van der Waals surface area contributed by atoms with Gasteiger partial charge in [-0.2, -0.15) is 0 Å². The predicted molar refractivity (Wildman–Crippen MR) is 74.6 cm³/mol. The summed E-state index contributed by atoms with van der Waals surface area (Å²) in [6, 6.07) is 2.02. The van der Waals surface area contributed by atoms with Gasteiger partial charge in [0.25, 0.3) is 0 Å². The van der Waals surface area contributed by atoms with Gasteiger partial charge in [-0.1, -0.05) is 6.42 Å². The van der Waals surface area contributed by atoms with Crippen LogP contribution in [0.2, 0.25) is 0 Å². The number of fused-ring (bicyclic) bond motifs is 3. The summed E-state index contributed by atoms with van der Waals surface area (Å²) in [7, 11) is 2.69. The lowest BCUT2D eigenvalue weighted by molar-refractivity contribution is -0.175. The summed E-state index contributed by atoms with van der Waals surface area (Å²) >= 11 is 1.74. The van der Waals surface area contributed by atoms with Crippen molar-refractivity contribution in [3.05, 3.63) is 21.9 Å². The molecule has 0 spiro atoms. The number of hydrogen-bond acceptors (Lipinski definition) is 5. The maximum absolute atomic E-state index is 12.4. The first-order valence-electron chi connectivity index (χ1n) is 6.88. The summed E-state index contributed by atoms with van der Waals surface area (Å²) in [5.41, 5.74) is -0.0485. The van der Waals surface area contributed by atoms with Gasteiger partial charge in [0, 0.05) is 11.3 Å². The lowest BCUT2D eigenvalue weighted by atomic mass is 9.62. The summed E-state index contributed by atoms with van der Waals surface area (Å²) in [5, 5.41) is 2.05. The predicted octanol–water partition coefficient (Wildman–Crippen LogP) is 2.52. The van der Waals surface area contributed by atoms with Crippen molar-refractivity contribution in [3.8, 4) is 0 Å². The molecule has 2 aliphatic rings. The minimum atomic E-state index is -1.15. The van der Waals surface area contributed by atoms with E-state index in [9.17, 15) is 9.59 Å². The van der Waals surface area contributed by atoms with Crippen LogP contribution in [0.1, 0.15) is 35.6 Å². The van der Waals surface area contributed by atoms with Gasteiger partial charge < -0.3 is 9.47 Å². The molecule has 2 aliphatic carbocycles. The maximum Gasteiger partial charge on any atom is 0.323 e. The topological polar surface area (TPSA) is 52.6 Å². The van der Waals surface area contributed by atoms with Crippen LogP contribution in [0.5, 0.6) is 0 Å². The Labute approximate surface area is 122 Å². The van der Waals surface area contributed by atoms with E-state index >= 15 is 0 Å². The van der Waals surface area contributed by atoms with E-state index in [1.807, 2.05) is 11.4 Å². The Hall–Kier alpha value is -1.36. The molecule has 0 bridgehead atoms. The molecule has 1 aromatic heterocycles. The first kappa shape index (κ1) is 13.6. The minimum absolute atomic E-state index is 0.00792. The van der Waals surface area contributed by atoms with E-state index < -0.39 is 17.4 Å². The number of carbonyl (C=O) groups excluding carboxylic acids is 2. The van der Waals surface area contributed by atoms with Gasteiger partial charge in [0.2, 0.25) is 0 Å². The van der Waals surface area contributed by atoms with E-state index in [2.05, 4.69) is 0 Å². The molecule has 3 rings (SSSR count). The second-order valence-electron chi connectivity index (χ2n) is 5.59. The average molecular weight is 294 g/mol. The van der Waals surface area contributed by atoms with Crippen molar-refractivity contribution in [3.63, 3.8) is 0 Å². The van der Waals surface area contributed by atoms with E-state index in [1.54, 1.807) is 11.3 Å². The van der Waals surface area contributed by atoms with Gasteiger partial charge in [0.05, 0.1) is 14.2 Å². The molecule has 1 aromatic rings. The highest BCUT2D eigenvalue weighted by atomic mass is 32.1. The van der Waals surface area contributed by atoms with Crippen molar-refractivity contribution in [1.82, 2.24) is 0 Å². The van der Waals surface area contributed by atoms with Crippen molar-refractivity contribution < 1.29 is 19.1 Å². The van der Waals surface area contributed by atoms with Crippen LogP contribution in [0.15, 0.2) is 11.4 Å². The van der Waals surface area contributed by atoms with Gasteiger partial charge in [-0.3, -0.25) is 9.59 Å². The second-order valence-corrected chi connectivity index (χ2v) is 6.53. The van der Waals surface area contributed by atoms with Gasteiger partial charge in [0.15, 0.2) is 5.41 Å². The molecule has 2 unspecified atom stereocenters. The van der Waals surface area contributed by atoms with E-state index in [1.165, 1.54) is 19.1 Å². The molecular weight excluding hydrogens is 276 g/mol. The van der Waals surface area contributed by atoms with Crippen molar-refractivity contribution in [2.45, 2.75) is 31.6 Å². The highest BCUT2D eigenvalue weighted by molar-refractivity contribution is 7.10. The molecule has 0 saturated heterocycles. The molecule has 0 N–H and O–H groups in total. The van der Waals surface area contributed by atoms with Crippen LogP contribution >= 0.6 is 11.3 Å². The zero-order valence-corrected chi connectivity index (χ0v) is 12.5. The fourth-order valence-corrected chi connectivity index (χ4v) is 5.14. The van der Waals surface area contributed by atoms with Gasteiger partial charge in [-0.25, -0.2) is 0 Å². The van der Waals surface area contributed by atoms with Crippen molar-refractivity contribution in [2.75, 3.05) is 14.2 Å². The van der Waals surface area contributed by atoms with E-state index in [0.29, 0.717) is 6.42 Å². The molecule has 0 amide bonds. The Morgan fingerprint density at radius 1 is 1.25 bits per heavy atom. The standard InChI is InChI=1S/C15H18O4S/c1-18-13(16)15(14(17)19-2)8-9-6-7-20-12(9)10-4-3-5-11(10)15/h6-7,10-11H,3-5,8H2,1-2H3. The maximum atomic E-state index is 12.4. The van der Waals surface area contributed by atoms with Gasteiger partial charge in [0.1, 0.15) is 0 Å². The lowest BCUT2D eigenvalue weighted by Gasteiger charge is -2.40. The van der Waals surface area contributed by atoms with E-state index in [0.717, 1.165) is 24.8 Å². The van der Waals surface area contributed by atoms with Crippen molar-refractivity contribution in [2.24, 2.45) is 11.3 Å². The van der Waals surface area contributed by atoms with Crippen LogP contribution in [-0.2, 0) is 25.5 Å². The van der Waals surface area contributed by atoms with Crippen LogP contribution in [0.3, 0.4) is 0 Å². The molecule has 2 atom stereocenters. The third kappa shape index (κ3) is 1.65. The van der Waals surface area contributed by atoms with Gasteiger partial charge in [-0.05, 0) is 41.7 Å². The van der Waals surface area contributed by atoms with Crippen LogP contribution in [-0.4, -0.2) is 26.2 Å².